The van der Waals surface area contributed by atoms with Crippen LogP contribution in [0.5, 0.6) is 0 Å². The minimum Gasteiger partial charge on any atom is -0.456 e. The number of rotatable bonds is 6. The zero-order chi connectivity index (χ0) is 20.1. The maximum Gasteiger partial charge on any atom is 0.338 e. The van der Waals surface area contributed by atoms with Gasteiger partial charge in [0.2, 0.25) is 0 Å². The van der Waals surface area contributed by atoms with Crippen molar-refractivity contribution in [3.05, 3.63) is 75.8 Å². The largest absolute Gasteiger partial charge is 0.456 e. The quantitative estimate of drug-likeness (QED) is 0.461. The van der Waals surface area contributed by atoms with Crippen molar-refractivity contribution in [2.45, 2.75) is 44.6 Å². The second-order valence-corrected chi connectivity index (χ2v) is 6.54. The minimum absolute atomic E-state index is 0.120. The molecule has 0 aromatic heterocycles. The third-order valence-corrected chi connectivity index (χ3v) is 4.50. The van der Waals surface area contributed by atoms with Crippen molar-refractivity contribution in [3.8, 4) is 0 Å². The fraction of sp³-hybridized carbons (Fsp3) is 0.350. The van der Waals surface area contributed by atoms with Crippen LogP contribution < -0.4 is 0 Å². The van der Waals surface area contributed by atoms with Gasteiger partial charge in [0.05, 0.1) is 23.2 Å². The number of aliphatic hydroxyl groups excluding tert-OH is 1. The number of ether oxygens (including phenoxy) is 3. The van der Waals surface area contributed by atoms with Crippen LogP contribution in [0.2, 0.25) is 0 Å². The van der Waals surface area contributed by atoms with Crippen LogP contribution in [0.3, 0.4) is 0 Å². The van der Waals surface area contributed by atoms with E-state index in [9.17, 15) is 20.0 Å². The van der Waals surface area contributed by atoms with Crippen LogP contribution in [0.25, 0.3) is 0 Å². The Morgan fingerprint density at radius 3 is 2.54 bits per heavy atom. The molecule has 0 spiro atoms. The Kier molecular flexibility index (Phi) is 6.35. The summed E-state index contributed by atoms with van der Waals surface area (Å²) in [7, 11) is 0. The molecule has 0 radical (unpaired) electrons. The molecule has 4 atom stereocenters. The molecule has 1 saturated heterocycles. The highest BCUT2D eigenvalue weighted by Gasteiger charge is 2.38. The normalized spacial score (nSPS) is 24.5. The van der Waals surface area contributed by atoms with Crippen molar-refractivity contribution < 1.29 is 29.0 Å². The molecule has 2 aromatic rings. The molecule has 3 rings (SSSR count). The molecule has 8 nitrogen and oxygen atoms in total. The second-order valence-electron chi connectivity index (χ2n) is 6.54. The van der Waals surface area contributed by atoms with E-state index >= 15 is 0 Å². The van der Waals surface area contributed by atoms with Gasteiger partial charge >= 0.3 is 5.97 Å². The van der Waals surface area contributed by atoms with Gasteiger partial charge in [0.25, 0.3) is 5.69 Å². The molecule has 28 heavy (non-hydrogen) atoms. The first kappa shape index (κ1) is 19.9. The van der Waals surface area contributed by atoms with E-state index in [2.05, 4.69) is 0 Å². The average molecular weight is 387 g/mol. The summed E-state index contributed by atoms with van der Waals surface area (Å²) in [5.74, 6) is -0.671. The van der Waals surface area contributed by atoms with Crippen LogP contribution in [-0.4, -0.2) is 40.6 Å². The van der Waals surface area contributed by atoms with Crippen LogP contribution in [0, 0.1) is 10.1 Å². The number of nitrogens with zero attached hydrogens (tertiary/aromatic N) is 1. The standard InChI is InChI=1S/C20H21NO7/c1-13-19(22)17(11-18(27-13)26-12-14-5-3-2-4-6-14)28-20(23)15-7-9-16(10-8-15)21(24)25/h2-10,13,17-19,22H,11-12H2,1H3/t13-,17-,18-,19-/m1/s1. The fourth-order valence-electron chi connectivity index (χ4n) is 2.92. The maximum absolute atomic E-state index is 12.3. The molecule has 2 aromatic carbocycles. The average Bonchev–Trinajstić information content (AvgIpc) is 2.70. The van der Waals surface area contributed by atoms with E-state index in [1.807, 2.05) is 30.3 Å². The second kappa shape index (κ2) is 8.92. The summed E-state index contributed by atoms with van der Waals surface area (Å²) in [5.41, 5.74) is 1.02. The highest BCUT2D eigenvalue weighted by molar-refractivity contribution is 5.89. The lowest BCUT2D eigenvalue weighted by molar-refractivity contribution is -0.384. The third kappa shape index (κ3) is 4.92. The molecular weight excluding hydrogens is 366 g/mol. The van der Waals surface area contributed by atoms with Gasteiger partial charge in [0, 0.05) is 18.6 Å². The first-order chi connectivity index (χ1) is 13.4. The summed E-state index contributed by atoms with van der Waals surface area (Å²) in [6.07, 6.45) is -2.85. The summed E-state index contributed by atoms with van der Waals surface area (Å²) in [4.78, 5) is 22.5. The molecule has 8 heteroatoms. The molecular formula is C20H21NO7. The smallest absolute Gasteiger partial charge is 0.338 e. The van der Waals surface area contributed by atoms with E-state index in [1.54, 1.807) is 6.92 Å². The van der Waals surface area contributed by atoms with Crippen molar-refractivity contribution in [2.75, 3.05) is 0 Å². The van der Waals surface area contributed by atoms with E-state index in [0.717, 1.165) is 5.56 Å². The Morgan fingerprint density at radius 1 is 1.21 bits per heavy atom. The van der Waals surface area contributed by atoms with Crippen molar-refractivity contribution in [2.24, 2.45) is 0 Å². The van der Waals surface area contributed by atoms with Gasteiger partial charge in [-0.25, -0.2) is 4.79 Å². The summed E-state index contributed by atoms with van der Waals surface area (Å²) < 4.78 is 16.8. The van der Waals surface area contributed by atoms with E-state index < -0.39 is 35.5 Å². The van der Waals surface area contributed by atoms with Crippen molar-refractivity contribution in [1.82, 2.24) is 0 Å². The maximum atomic E-state index is 12.3. The van der Waals surface area contributed by atoms with Gasteiger partial charge < -0.3 is 19.3 Å². The van der Waals surface area contributed by atoms with Gasteiger partial charge in [-0.05, 0) is 24.6 Å². The third-order valence-electron chi connectivity index (χ3n) is 4.50. The zero-order valence-electron chi connectivity index (χ0n) is 15.3. The number of esters is 1. The molecule has 1 N–H and O–H groups in total. The molecule has 1 heterocycles. The van der Waals surface area contributed by atoms with Crippen LogP contribution in [-0.2, 0) is 20.8 Å². The van der Waals surface area contributed by atoms with Gasteiger partial charge in [0.1, 0.15) is 12.2 Å². The van der Waals surface area contributed by atoms with Crippen molar-refractivity contribution in [3.63, 3.8) is 0 Å². The topological polar surface area (TPSA) is 108 Å². The first-order valence-corrected chi connectivity index (χ1v) is 8.88. The zero-order valence-corrected chi connectivity index (χ0v) is 15.3. The molecule has 1 aliphatic heterocycles. The van der Waals surface area contributed by atoms with Gasteiger partial charge in [-0.15, -0.1) is 0 Å². The SMILES string of the molecule is C[C@H]1O[C@@H](OCc2ccccc2)C[C@@H](OC(=O)c2ccc([N+](=O)[O-])cc2)[C@@H]1O. The number of carbonyl (C=O) groups is 1. The number of nitro benzene ring substituents is 1. The number of hydrogen-bond donors (Lipinski definition) is 1. The number of nitro groups is 1. The van der Waals surface area contributed by atoms with E-state index in [1.165, 1.54) is 24.3 Å². The van der Waals surface area contributed by atoms with Gasteiger partial charge in [-0.3, -0.25) is 10.1 Å². The van der Waals surface area contributed by atoms with E-state index in [-0.39, 0.29) is 17.7 Å². The lowest BCUT2D eigenvalue weighted by Crippen LogP contribution is -2.49. The highest BCUT2D eigenvalue weighted by atomic mass is 16.7. The van der Waals surface area contributed by atoms with Gasteiger partial charge in [0.15, 0.2) is 6.29 Å². The van der Waals surface area contributed by atoms with E-state index in [4.69, 9.17) is 14.2 Å². The summed E-state index contributed by atoms with van der Waals surface area (Å²) in [6, 6.07) is 14.7. The van der Waals surface area contributed by atoms with Crippen molar-refractivity contribution >= 4 is 11.7 Å². The van der Waals surface area contributed by atoms with Crippen LogP contribution in [0.15, 0.2) is 54.6 Å². The highest BCUT2D eigenvalue weighted by Crippen LogP contribution is 2.25. The Morgan fingerprint density at radius 2 is 1.89 bits per heavy atom. The summed E-state index contributed by atoms with van der Waals surface area (Å²) >= 11 is 0. The first-order valence-electron chi connectivity index (χ1n) is 8.88. The monoisotopic (exact) mass is 387 g/mol. The molecule has 1 aliphatic rings. The number of carbonyl (C=O) groups excluding carboxylic acids is 1. The minimum atomic E-state index is -1.00. The van der Waals surface area contributed by atoms with Gasteiger partial charge in [-0.1, -0.05) is 30.3 Å². The fourth-order valence-corrected chi connectivity index (χ4v) is 2.92. The summed E-state index contributed by atoms with van der Waals surface area (Å²) in [5, 5.41) is 21.0. The number of hydrogen-bond acceptors (Lipinski definition) is 7. The van der Waals surface area contributed by atoms with Crippen LogP contribution in [0.1, 0.15) is 29.3 Å². The van der Waals surface area contributed by atoms with Crippen molar-refractivity contribution in [1.29, 1.82) is 0 Å². The molecule has 0 bridgehead atoms. The van der Waals surface area contributed by atoms with Crippen LogP contribution in [0.4, 0.5) is 5.69 Å². The Balaban J connectivity index is 1.61. The Hall–Kier alpha value is -2.81. The molecule has 1 fully saturated rings. The molecule has 0 unspecified atom stereocenters. The van der Waals surface area contributed by atoms with E-state index in [0.29, 0.717) is 6.61 Å². The lowest BCUT2D eigenvalue weighted by Gasteiger charge is -2.37. The molecule has 0 aliphatic carbocycles. The van der Waals surface area contributed by atoms with Crippen LogP contribution >= 0.6 is 0 Å². The number of non-ortho nitro benzene ring substituents is 1. The molecule has 148 valence electrons. The Bertz CT molecular complexity index is 809. The lowest BCUT2D eigenvalue weighted by atomic mass is 10.0. The molecule has 0 amide bonds. The Labute approximate surface area is 161 Å². The summed E-state index contributed by atoms with van der Waals surface area (Å²) in [6.45, 7) is 2.01. The predicted molar refractivity (Wildman–Crippen MR) is 98.5 cm³/mol. The molecule has 0 saturated carbocycles. The number of benzene rings is 2. The van der Waals surface area contributed by atoms with Gasteiger partial charge in [-0.2, -0.15) is 0 Å². The number of aliphatic hydroxyl groups is 1. The predicted octanol–water partition coefficient (Wildman–Crippen LogP) is 2.83.